The molecule has 0 radical (unpaired) electrons. The van der Waals surface area contributed by atoms with Gasteiger partial charge in [0.25, 0.3) is 11.8 Å². The molecule has 0 spiro atoms. The Morgan fingerprint density at radius 1 is 1.13 bits per heavy atom. The van der Waals surface area contributed by atoms with E-state index in [-0.39, 0.29) is 11.6 Å². The van der Waals surface area contributed by atoms with E-state index < -0.39 is 17.8 Å². The maximum atomic E-state index is 13.0. The van der Waals surface area contributed by atoms with Gasteiger partial charge in [-0.05, 0) is 56.9 Å². The number of ether oxygens (including phenoxy) is 2. The number of imide groups is 2. The maximum absolute atomic E-state index is 13.0. The molecule has 0 unspecified atom stereocenters. The number of carbonyl (C=O) groups excluding carboxylic acids is 3. The van der Waals surface area contributed by atoms with Gasteiger partial charge in [-0.25, -0.2) is 4.79 Å². The molecule has 1 heterocycles. The summed E-state index contributed by atoms with van der Waals surface area (Å²) in [5.41, 5.74) is 1.41. The minimum Gasteiger partial charge on any atom is -0.490 e. The van der Waals surface area contributed by atoms with Crippen LogP contribution in [0.1, 0.15) is 50.7 Å². The molecule has 1 saturated heterocycles. The van der Waals surface area contributed by atoms with E-state index >= 15 is 0 Å². The molecule has 2 aliphatic rings. The van der Waals surface area contributed by atoms with Crippen LogP contribution in [-0.4, -0.2) is 42.0 Å². The number of benzene rings is 1. The van der Waals surface area contributed by atoms with Crippen LogP contribution >= 0.6 is 0 Å². The second-order valence-electron chi connectivity index (χ2n) is 7.30. The zero-order chi connectivity index (χ0) is 21.7. The zero-order valence-corrected chi connectivity index (χ0v) is 17.5. The van der Waals surface area contributed by atoms with Gasteiger partial charge in [-0.15, -0.1) is 6.58 Å². The molecule has 1 aliphatic carbocycles. The van der Waals surface area contributed by atoms with Gasteiger partial charge in [0.2, 0.25) is 0 Å². The van der Waals surface area contributed by atoms with Gasteiger partial charge in [0.05, 0.1) is 13.2 Å². The van der Waals surface area contributed by atoms with Crippen molar-refractivity contribution in [2.24, 2.45) is 0 Å². The van der Waals surface area contributed by atoms with E-state index in [0.717, 1.165) is 31.2 Å². The molecule has 1 aliphatic heterocycles. The Balaban J connectivity index is 2.02. The van der Waals surface area contributed by atoms with E-state index in [1.165, 1.54) is 11.0 Å². The standard InChI is InChI=1S/C23H28N2O5/c1-4-9-16-12-15(14-19(29-5-2)20(16)30-6-3)13-18-21(26)24-23(28)25(22(18)27)17-10-7-8-11-17/h4,12-14,17H,1,5-11H2,2-3H3,(H,24,26,28)/b18-13+. The molecule has 1 saturated carbocycles. The SMILES string of the molecule is C=CCc1cc(/C=C2\C(=O)NC(=O)N(C3CCCC3)C2=O)cc(OCC)c1OCC. The smallest absolute Gasteiger partial charge is 0.331 e. The molecule has 0 atom stereocenters. The molecule has 3 rings (SSSR count). The molecule has 0 aromatic heterocycles. The number of amides is 4. The van der Waals surface area contributed by atoms with Crippen LogP contribution in [0, 0.1) is 0 Å². The lowest BCUT2D eigenvalue weighted by Gasteiger charge is -2.31. The minimum atomic E-state index is -0.684. The van der Waals surface area contributed by atoms with Crippen LogP contribution in [0.25, 0.3) is 6.08 Å². The van der Waals surface area contributed by atoms with Crippen LogP contribution in [-0.2, 0) is 16.0 Å². The van der Waals surface area contributed by atoms with Gasteiger partial charge in [-0.1, -0.05) is 18.9 Å². The van der Waals surface area contributed by atoms with Crippen molar-refractivity contribution in [2.45, 2.75) is 52.0 Å². The maximum Gasteiger partial charge on any atom is 0.331 e. The van der Waals surface area contributed by atoms with E-state index in [1.807, 2.05) is 19.9 Å². The van der Waals surface area contributed by atoms with Crippen LogP contribution in [0.2, 0.25) is 0 Å². The number of rotatable bonds is 8. The molecule has 0 bridgehead atoms. The molecule has 2 fully saturated rings. The van der Waals surface area contributed by atoms with Gasteiger partial charge < -0.3 is 9.47 Å². The van der Waals surface area contributed by atoms with Crippen LogP contribution < -0.4 is 14.8 Å². The fraction of sp³-hybridized carbons (Fsp3) is 0.435. The number of nitrogens with one attached hydrogen (secondary N) is 1. The van der Waals surface area contributed by atoms with Crippen molar-refractivity contribution in [2.75, 3.05) is 13.2 Å². The number of hydrogen-bond donors (Lipinski definition) is 1. The molecule has 1 N–H and O–H groups in total. The van der Waals surface area contributed by atoms with Gasteiger partial charge in [-0.2, -0.15) is 0 Å². The highest BCUT2D eigenvalue weighted by molar-refractivity contribution is 6.31. The van der Waals surface area contributed by atoms with Gasteiger partial charge >= 0.3 is 6.03 Å². The number of carbonyl (C=O) groups is 3. The first-order valence-electron chi connectivity index (χ1n) is 10.4. The monoisotopic (exact) mass is 412 g/mol. The minimum absolute atomic E-state index is 0.0577. The summed E-state index contributed by atoms with van der Waals surface area (Å²) in [4.78, 5) is 39.0. The van der Waals surface area contributed by atoms with E-state index in [0.29, 0.717) is 36.7 Å². The molecular formula is C23H28N2O5. The first kappa shape index (κ1) is 21.6. The van der Waals surface area contributed by atoms with E-state index in [4.69, 9.17) is 9.47 Å². The van der Waals surface area contributed by atoms with Gasteiger partial charge in [0.15, 0.2) is 11.5 Å². The van der Waals surface area contributed by atoms with Crippen molar-refractivity contribution in [3.63, 3.8) is 0 Å². The van der Waals surface area contributed by atoms with Crippen molar-refractivity contribution in [1.29, 1.82) is 0 Å². The number of nitrogens with zero attached hydrogens (tertiary/aromatic N) is 1. The molecule has 30 heavy (non-hydrogen) atoms. The van der Waals surface area contributed by atoms with Crippen molar-refractivity contribution in [3.8, 4) is 11.5 Å². The quantitative estimate of drug-likeness (QED) is 0.400. The predicted octanol–water partition coefficient (Wildman–Crippen LogP) is 3.62. The molecule has 1 aromatic rings. The Kier molecular flexibility index (Phi) is 6.92. The Bertz CT molecular complexity index is 884. The van der Waals surface area contributed by atoms with Crippen molar-refractivity contribution in [1.82, 2.24) is 10.2 Å². The van der Waals surface area contributed by atoms with E-state index in [9.17, 15) is 14.4 Å². The molecule has 1 aromatic carbocycles. The summed E-state index contributed by atoms with van der Waals surface area (Å²) in [6.45, 7) is 8.47. The summed E-state index contributed by atoms with van der Waals surface area (Å²) in [6, 6.07) is 2.79. The number of barbiturate groups is 1. The largest absolute Gasteiger partial charge is 0.490 e. The first-order chi connectivity index (χ1) is 14.5. The second kappa shape index (κ2) is 9.61. The molecule has 4 amide bonds. The van der Waals surface area contributed by atoms with Gasteiger partial charge in [0, 0.05) is 11.6 Å². The van der Waals surface area contributed by atoms with Crippen molar-refractivity contribution in [3.05, 3.63) is 41.5 Å². The zero-order valence-electron chi connectivity index (χ0n) is 17.5. The topological polar surface area (TPSA) is 84.9 Å². The van der Waals surface area contributed by atoms with Crippen LogP contribution in [0.4, 0.5) is 4.79 Å². The van der Waals surface area contributed by atoms with Crippen molar-refractivity contribution >= 4 is 23.9 Å². The van der Waals surface area contributed by atoms with Gasteiger partial charge in [-0.3, -0.25) is 19.8 Å². The number of urea groups is 1. The normalized spacial score (nSPS) is 18.7. The lowest BCUT2D eigenvalue weighted by Crippen LogP contribution is -2.57. The summed E-state index contributed by atoms with van der Waals surface area (Å²) in [6.07, 6.45) is 7.27. The van der Waals surface area contributed by atoms with Crippen LogP contribution in [0.15, 0.2) is 30.4 Å². The predicted molar refractivity (Wildman–Crippen MR) is 113 cm³/mol. The fourth-order valence-electron chi connectivity index (χ4n) is 3.98. The highest BCUT2D eigenvalue weighted by Crippen LogP contribution is 2.35. The number of hydrogen-bond acceptors (Lipinski definition) is 5. The molecule has 7 nitrogen and oxygen atoms in total. The lowest BCUT2D eigenvalue weighted by molar-refractivity contribution is -0.131. The second-order valence-corrected chi connectivity index (χ2v) is 7.30. The highest BCUT2D eigenvalue weighted by Gasteiger charge is 2.40. The molecule has 7 heteroatoms. The average molecular weight is 412 g/mol. The summed E-state index contributed by atoms with van der Waals surface area (Å²) in [5, 5.41) is 2.31. The Hall–Kier alpha value is -3.09. The summed E-state index contributed by atoms with van der Waals surface area (Å²) in [5.74, 6) is -0.0642. The third kappa shape index (κ3) is 4.40. The summed E-state index contributed by atoms with van der Waals surface area (Å²) >= 11 is 0. The van der Waals surface area contributed by atoms with E-state index in [1.54, 1.807) is 12.1 Å². The average Bonchev–Trinajstić information content (AvgIpc) is 3.22. The lowest BCUT2D eigenvalue weighted by atomic mass is 10.0. The third-order valence-electron chi connectivity index (χ3n) is 5.24. The summed E-state index contributed by atoms with van der Waals surface area (Å²) in [7, 11) is 0. The first-order valence-corrected chi connectivity index (χ1v) is 10.4. The van der Waals surface area contributed by atoms with Crippen LogP contribution in [0.5, 0.6) is 11.5 Å². The Labute approximate surface area is 176 Å². The van der Waals surface area contributed by atoms with Crippen LogP contribution in [0.3, 0.4) is 0 Å². The Morgan fingerprint density at radius 2 is 1.83 bits per heavy atom. The van der Waals surface area contributed by atoms with Gasteiger partial charge in [0.1, 0.15) is 5.57 Å². The highest BCUT2D eigenvalue weighted by atomic mass is 16.5. The van der Waals surface area contributed by atoms with Crippen molar-refractivity contribution < 1.29 is 23.9 Å². The third-order valence-corrected chi connectivity index (χ3v) is 5.24. The molecule has 160 valence electrons. The number of allylic oxidation sites excluding steroid dienone is 1. The van der Waals surface area contributed by atoms with E-state index in [2.05, 4.69) is 11.9 Å². The Morgan fingerprint density at radius 3 is 2.47 bits per heavy atom. The molecular weight excluding hydrogens is 384 g/mol. The summed E-state index contributed by atoms with van der Waals surface area (Å²) < 4.78 is 11.5. The fourth-order valence-corrected chi connectivity index (χ4v) is 3.98.